The van der Waals surface area contributed by atoms with Gasteiger partial charge < -0.3 is 5.73 Å². The Bertz CT molecular complexity index is 625. The van der Waals surface area contributed by atoms with Crippen molar-refractivity contribution in [2.75, 3.05) is 7.05 Å². The zero-order valence-corrected chi connectivity index (χ0v) is 13.6. The van der Waals surface area contributed by atoms with Crippen molar-refractivity contribution in [1.82, 2.24) is 4.31 Å². The molecule has 1 aromatic rings. The Balaban J connectivity index is 2.34. The first-order chi connectivity index (χ1) is 9.34. The van der Waals surface area contributed by atoms with Crippen LogP contribution in [0.25, 0.3) is 0 Å². The molecule has 0 spiro atoms. The third-order valence-electron chi connectivity index (χ3n) is 3.72. The predicted octanol–water partition coefficient (Wildman–Crippen LogP) is 2.54. The largest absolute Gasteiger partial charge is 0.389 e. The number of nitrogens with zero attached hydrogens (tertiary/aromatic N) is 1. The van der Waals surface area contributed by atoms with Gasteiger partial charge in [-0.15, -0.1) is 0 Å². The summed E-state index contributed by atoms with van der Waals surface area (Å²) in [6.07, 6.45) is 3.97. The number of benzene rings is 1. The summed E-state index contributed by atoms with van der Waals surface area (Å²) in [5, 5.41) is 0.262. The van der Waals surface area contributed by atoms with Gasteiger partial charge in [0.05, 0.1) is 9.92 Å². The van der Waals surface area contributed by atoms with Gasteiger partial charge in [-0.25, -0.2) is 8.42 Å². The molecule has 1 saturated carbocycles. The van der Waals surface area contributed by atoms with Gasteiger partial charge in [0, 0.05) is 18.7 Å². The van der Waals surface area contributed by atoms with Gasteiger partial charge in [-0.3, -0.25) is 0 Å². The van der Waals surface area contributed by atoms with E-state index in [0.717, 1.165) is 25.7 Å². The van der Waals surface area contributed by atoms with Crippen LogP contribution in [-0.2, 0) is 10.0 Å². The fourth-order valence-corrected chi connectivity index (χ4v) is 4.51. The lowest BCUT2D eigenvalue weighted by atomic mass is 10.2. The van der Waals surface area contributed by atoms with E-state index in [2.05, 4.69) is 0 Å². The fourth-order valence-electron chi connectivity index (χ4n) is 2.49. The maximum Gasteiger partial charge on any atom is 0.243 e. The molecule has 0 bridgehead atoms. The van der Waals surface area contributed by atoms with Crippen LogP contribution in [0.2, 0.25) is 5.02 Å². The van der Waals surface area contributed by atoms with E-state index in [0.29, 0.717) is 5.56 Å². The van der Waals surface area contributed by atoms with Crippen LogP contribution < -0.4 is 5.73 Å². The Kier molecular flexibility index (Phi) is 4.69. The number of nitrogens with two attached hydrogens (primary N) is 1. The van der Waals surface area contributed by atoms with Crippen LogP contribution in [0, 0.1) is 0 Å². The molecule has 7 heteroatoms. The number of thiocarbonyl (C=S) groups is 1. The Hall–Kier alpha value is -0.690. The van der Waals surface area contributed by atoms with Crippen molar-refractivity contribution in [1.29, 1.82) is 0 Å². The standard InChI is InChI=1S/C13H17ClN2O2S2/c1-16(9-4-2-3-5-9)20(17,18)10-6-7-11(13(15)19)12(14)8-10/h6-9H,2-5H2,1H3,(H2,15,19). The number of rotatable bonds is 4. The molecule has 0 heterocycles. The van der Waals surface area contributed by atoms with Crippen LogP contribution in [0.5, 0.6) is 0 Å². The normalized spacial score (nSPS) is 16.8. The van der Waals surface area contributed by atoms with Crippen molar-refractivity contribution in [3.05, 3.63) is 28.8 Å². The third-order valence-corrected chi connectivity index (χ3v) is 6.16. The lowest BCUT2D eigenvalue weighted by Crippen LogP contribution is -2.35. The SMILES string of the molecule is CN(C1CCCC1)S(=O)(=O)c1ccc(C(N)=S)c(Cl)c1. The van der Waals surface area contributed by atoms with Gasteiger partial charge in [-0.2, -0.15) is 4.31 Å². The molecule has 0 radical (unpaired) electrons. The Morgan fingerprint density at radius 1 is 1.40 bits per heavy atom. The summed E-state index contributed by atoms with van der Waals surface area (Å²) in [6, 6.07) is 4.55. The van der Waals surface area contributed by atoms with E-state index in [-0.39, 0.29) is 20.9 Å². The molecule has 1 fully saturated rings. The third kappa shape index (κ3) is 2.98. The molecule has 1 aliphatic carbocycles. The summed E-state index contributed by atoms with van der Waals surface area (Å²) in [6.45, 7) is 0. The summed E-state index contributed by atoms with van der Waals surface area (Å²) in [5.41, 5.74) is 6.01. The summed E-state index contributed by atoms with van der Waals surface area (Å²) < 4.78 is 26.6. The molecule has 1 aromatic carbocycles. The highest BCUT2D eigenvalue weighted by Gasteiger charge is 2.30. The molecule has 0 atom stereocenters. The molecule has 0 aliphatic heterocycles. The maximum atomic E-state index is 12.6. The minimum Gasteiger partial charge on any atom is -0.389 e. The second-order valence-electron chi connectivity index (χ2n) is 4.97. The molecular formula is C13H17ClN2O2S2. The van der Waals surface area contributed by atoms with Gasteiger partial charge in [0.25, 0.3) is 0 Å². The van der Waals surface area contributed by atoms with Crippen molar-refractivity contribution >= 4 is 38.8 Å². The zero-order chi connectivity index (χ0) is 14.9. The summed E-state index contributed by atoms with van der Waals surface area (Å²) >= 11 is 10.9. The zero-order valence-electron chi connectivity index (χ0n) is 11.2. The molecule has 4 nitrogen and oxygen atoms in total. The van der Waals surface area contributed by atoms with Crippen molar-refractivity contribution in [3.8, 4) is 0 Å². The van der Waals surface area contributed by atoms with Gasteiger partial charge in [0.2, 0.25) is 10.0 Å². The lowest BCUT2D eigenvalue weighted by Gasteiger charge is -2.23. The van der Waals surface area contributed by atoms with E-state index < -0.39 is 10.0 Å². The Labute approximate surface area is 130 Å². The van der Waals surface area contributed by atoms with E-state index >= 15 is 0 Å². The van der Waals surface area contributed by atoms with Crippen LogP contribution in [0.1, 0.15) is 31.2 Å². The Morgan fingerprint density at radius 2 is 2.00 bits per heavy atom. The average molecular weight is 333 g/mol. The molecule has 2 N–H and O–H groups in total. The van der Waals surface area contributed by atoms with Crippen LogP contribution in [0.15, 0.2) is 23.1 Å². The monoisotopic (exact) mass is 332 g/mol. The topological polar surface area (TPSA) is 63.4 Å². The molecule has 1 aliphatic rings. The van der Waals surface area contributed by atoms with E-state index in [1.54, 1.807) is 13.1 Å². The lowest BCUT2D eigenvalue weighted by molar-refractivity contribution is 0.373. The highest BCUT2D eigenvalue weighted by molar-refractivity contribution is 7.89. The summed E-state index contributed by atoms with van der Waals surface area (Å²) in [7, 11) is -1.90. The van der Waals surface area contributed by atoms with Gasteiger partial charge in [0.15, 0.2) is 0 Å². The van der Waals surface area contributed by atoms with E-state index in [1.165, 1.54) is 16.4 Å². The molecule has 0 amide bonds. The van der Waals surface area contributed by atoms with Crippen molar-refractivity contribution in [2.24, 2.45) is 5.73 Å². The van der Waals surface area contributed by atoms with Gasteiger partial charge in [0.1, 0.15) is 4.99 Å². The summed E-state index contributed by atoms with van der Waals surface area (Å²) in [5.74, 6) is 0. The maximum absolute atomic E-state index is 12.6. The van der Waals surface area contributed by atoms with E-state index in [4.69, 9.17) is 29.6 Å². The number of hydrogen-bond acceptors (Lipinski definition) is 3. The van der Waals surface area contributed by atoms with Gasteiger partial charge in [-0.05, 0) is 31.0 Å². The number of halogens is 1. The van der Waals surface area contributed by atoms with Crippen molar-refractivity contribution in [2.45, 2.75) is 36.6 Å². The van der Waals surface area contributed by atoms with E-state index in [9.17, 15) is 8.42 Å². The highest BCUT2D eigenvalue weighted by Crippen LogP contribution is 2.29. The van der Waals surface area contributed by atoms with Crippen LogP contribution in [0.4, 0.5) is 0 Å². The molecule has 0 saturated heterocycles. The predicted molar refractivity (Wildman–Crippen MR) is 84.5 cm³/mol. The molecule has 110 valence electrons. The van der Waals surface area contributed by atoms with Crippen LogP contribution in [0.3, 0.4) is 0 Å². The minimum absolute atomic E-state index is 0.0778. The number of hydrogen-bond donors (Lipinski definition) is 1. The fraction of sp³-hybridized carbons (Fsp3) is 0.462. The first-order valence-electron chi connectivity index (χ1n) is 6.41. The second-order valence-corrected chi connectivity index (χ2v) is 7.81. The van der Waals surface area contributed by atoms with Gasteiger partial charge in [-0.1, -0.05) is 36.7 Å². The van der Waals surface area contributed by atoms with E-state index in [1.807, 2.05) is 0 Å². The van der Waals surface area contributed by atoms with Crippen LogP contribution in [-0.4, -0.2) is 30.8 Å². The molecule has 0 aromatic heterocycles. The smallest absolute Gasteiger partial charge is 0.243 e. The first-order valence-corrected chi connectivity index (χ1v) is 8.64. The molecule has 20 heavy (non-hydrogen) atoms. The Morgan fingerprint density at radius 3 is 2.50 bits per heavy atom. The average Bonchev–Trinajstić information content (AvgIpc) is 2.90. The van der Waals surface area contributed by atoms with Crippen molar-refractivity contribution in [3.63, 3.8) is 0 Å². The number of sulfonamides is 1. The highest BCUT2D eigenvalue weighted by atomic mass is 35.5. The van der Waals surface area contributed by atoms with Gasteiger partial charge >= 0.3 is 0 Å². The molecule has 2 rings (SSSR count). The first kappa shape index (κ1) is 15.7. The second kappa shape index (κ2) is 5.97. The molecule has 0 unspecified atom stereocenters. The molecular weight excluding hydrogens is 316 g/mol. The minimum atomic E-state index is -3.52. The quantitative estimate of drug-likeness (QED) is 0.861. The summed E-state index contributed by atoms with van der Waals surface area (Å²) in [4.78, 5) is 0.333. The van der Waals surface area contributed by atoms with Crippen LogP contribution >= 0.6 is 23.8 Å². The van der Waals surface area contributed by atoms with Crippen molar-refractivity contribution < 1.29 is 8.42 Å².